The van der Waals surface area contributed by atoms with E-state index >= 15 is 0 Å². The highest BCUT2D eigenvalue weighted by molar-refractivity contribution is 9.10. The van der Waals surface area contributed by atoms with E-state index in [2.05, 4.69) is 42.0 Å². The summed E-state index contributed by atoms with van der Waals surface area (Å²) in [5.74, 6) is -0.0206. The van der Waals surface area contributed by atoms with Crippen LogP contribution < -0.4 is 14.4 Å². The zero-order valence-corrected chi connectivity index (χ0v) is 19.5. The van der Waals surface area contributed by atoms with Crippen LogP contribution in [0.15, 0.2) is 40.9 Å². The van der Waals surface area contributed by atoms with Crippen molar-refractivity contribution >= 4 is 43.2 Å². The Bertz CT molecular complexity index is 1060. The summed E-state index contributed by atoms with van der Waals surface area (Å²) in [7, 11) is -3.59. The number of fused-ring (bicyclic) bond motifs is 1. The van der Waals surface area contributed by atoms with E-state index < -0.39 is 22.0 Å². The molecule has 8 heteroatoms. The molecule has 1 atom stereocenters. The number of amides is 1. The minimum atomic E-state index is -3.59. The highest BCUT2D eigenvalue weighted by Gasteiger charge is 2.36. The van der Waals surface area contributed by atoms with E-state index in [4.69, 9.17) is 4.74 Å². The van der Waals surface area contributed by atoms with Gasteiger partial charge >= 0.3 is 0 Å². The molecular weight excluding hydrogens is 456 g/mol. The maximum atomic E-state index is 12.8. The van der Waals surface area contributed by atoms with Gasteiger partial charge in [-0.1, -0.05) is 42.8 Å². The Morgan fingerprint density at radius 1 is 1.21 bits per heavy atom. The van der Waals surface area contributed by atoms with E-state index in [1.165, 1.54) is 4.31 Å². The Labute approximate surface area is 180 Å². The van der Waals surface area contributed by atoms with Crippen molar-refractivity contribution in [2.45, 2.75) is 39.2 Å². The van der Waals surface area contributed by atoms with Gasteiger partial charge in [-0.25, -0.2) is 8.42 Å². The Kier molecular flexibility index (Phi) is 5.71. The third-order valence-corrected chi connectivity index (χ3v) is 6.85. The molecule has 6 nitrogen and oxygen atoms in total. The number of carbonyl (C=O) groups is 1. The number of halogens is 1. The van der Waals surface area contributed by atoms with Crippen LogP contribution in [0.4, 0.5) is 11.4 Å². The normalized spacial score (nSPS) is 16.8. The summed E-state index contributed by atoms with van der Waals surface area (Å²) in [5, 5.41) is 2.81. The SMILES string of the molecule is Cc1cc(NC(=O)C2CN(S(C)(=O)=O)c3cc(C(C)(C)C)ccc3O2)ccc1Br. The zero-order valence-electron chi connectivity index (χ0n) is 17.1. The highest BCUT2D eigenvalue weighted by Crippen LogP contribution is 2.38. The third-order valence-electron chi connectivity index (χ3n) is 4.81. The third kappa shape index (κ3) is 4.75. The molecule has 1 unspecified atom stereocenters. The topological polar surface area (TPSA) is 75.7 Å². The average Bonchev–Trinajstić information content (AvgIpc) is 2.61. The quantitative estimate of drug-likeness (QED) is 0.713. The lowest BCUT2D eigenvalue weighted by molar-refractivity contribution is -0.122. The summed E-state index contributed by atoms with van der Waals surface area (Å²) in [6, 6.07) is 10.9. The first kappa shape index (κ1) is 21.6. The van der Waals surface area contributed by atoms with Crippen LogP contribution in [0, 0.1) is 6.92 Å². The second-order valence-corrected chi connectivity index (χ2v) is 11.0. The molecule has 1 aliphatic heterocycles. The van der Waals surface area contributed by atoms with Gasteiger partial charge in [0.05, 0.1) is 18.5 Å². The summed E-state index contributed by atoms with van der Waals surface area (Å²) in [4.78, 5) is 12.8. The van der Waals surface area contributed by atoms with Gasteiger partial charge in [0, 0.05) is 10.2 Å². The predicted molar refractivity (Wildman–Crippen MR) is 119 cm³/mol. The molecule has 1 aliphatic rings. The number of carbonyl (C=O) groups excluding carboxylic acids is 1. The number of sulfonamides is 1. The molecule has 0 radical (unpaired) electrons. The van der Waals surface area contributed by atoms with E-state index in [0.29, 0.717) is 17.1 Å². The van der Waals surface area contributed by atoms with Crippen molar-refractivity contribution in [3.8, 4) is 5.75 Å². The second-order valence-electron chi connectivity index (χ2n) is 8.29. The van der Waals surface area contributed by atoms with E-state index in [9.17, 15) is 13.2 Å². The number of aryl methyl sites for hydroxylation is 1. The summed E-state index contributed by atoms with van der Waals surface area (Å²) in [6.45, 7) is 8.00. The minimum absolute atomic E-state index is 0.0826. The van der Waals surface area contributed by atoms with Gasteiger partial charge in [-0.3, -0.25) is 9.10 Å². The van der Waals surface area contributed by atoms with Crippen LogP contribution >= 0.6 is 15.9 Å². The average molecular weight is 481 g/mol. The summed E-state index contributed by atoms with van der Waals surface area (Å²) in [5.41, 5.74) is 2.90. The molecule has 0 saturated carbocycles. The number of rotatable bonds is 3. The molecule has 0 spiro atoms. The fourth-order valence-electron chi connectivity index (χ4n) is 3.11. The smallest absolute Gasteiger partial charge is 0.267 e. The van der Waals surface area contributed by atoms with Crippen LogP contribution in [0.3, 0.4) is 0 Å². The van der Waals surface area contributed by atoms with Crippen molar-refractivity contribution < 1.29 is 17.9 Å². The monoisotopic (exact) mass is 480 g/mol. The lowest BCUT2D eigenvalue weighted by atomic mass is 9.86. The molecule has 0 fully saturated rings. The largest absolute Gasteiger partial charge is 0.476 e. The molecule has 1 N–H and O–H groups in total. The van der Waals surface area contributed by atoms with Crippen LogP contribution in [0.1, 0.15) is 31.9 Å². The zero-order chi connectivity index (χ0) is 21.6. The molecule has 3 rings (SSSR count). The fraction of sp³-hybridized carbons (Fsp3) is 0.381. The maximum Gasteiger partial charge on any atom is 0.267 e. The molecule has 2 aromatic carbocycles. The summed E-state index contributed by atoms with van der Waals surface area (Å²) >= 11 is 3.43. The number of hydrogen-bond donors (Lipinski definition) is 1. The van der Waals surface area contributed by atoms with Crippen molar-refractivity contribution in [2.24, 2.45) is 0 Å². The van der Waals surface area contributed by atoms with Crippen molar-refractivity contribution in [2.75, 3.05) is 22.4 Å². The van der Waals surface area contributed by atoms with Crippen LogP contribution in [0.25, 0.3) is 0 Å². The number of nitrogens with zero attached hydrogens (tertiary/aromatic N) is 1. The van der Waals surface area contributed by atoms with Gasteiger partial charge in [-0.2, -0.15) is 0 Å². The first-order chi connectivity index (χ1) is 13.4. The fourth-order valence-corrected chi connectivity index (χ4v) is 4.27. The van der Waals surface area contributed by atoms with Crippen molar-refractivity contribution in [1.29, 1.82) is 0 Å². The molecule has 0 aliphatic carbocycles. The standard InChI is InChI=1S/C21H25BrN2O4S/c1-13-10-15(7-8-16(13)22)23-20(25)19-12-24(29(5,26)27)17-11-14(21(2,3)4)6-9-18(17)28-19/h6-11,19H,12H2,1-5H3,(H,23,25). The molecule has 0 bridgehead atoms. The van der Waals surface area contributed by atoms with E-state index in [0.717, 1.165) is 21.9 Å². The Hall–Kier alpha value is -2.06. The molecule has 29 heavy (non-hydrogen) atoms. The highest BCUT2D eigenvalue weighted by atomic mass is 79.9. The number of ether oxygens (including phenoxy) is 1. The first-order valence-electron chi connectivity index (χ1n) is 9.22. The van der Waals surface area contributed by atoms with Crippen molar-refractivity contribution in [3.63, 3.8) is 0 Å². The lowest BCUT2D eigenvalue weighted by Crippen LogP contribution is -2.48. The molecule has 1 heterocycles. The van der Waals surface area contributed by atoms with Gasteiger partial charge in [0.2, 0.25) is 10.0 Å². The van der Waals surface area contributed by atoms with E-state index in [-0.39, 0.29) is 12.0 Å². The molecule has 0 saturated heterocycles. The van der Waals surface area contributed by atoms with E-state index in [1.807, 2.05) is 31.2 Å². The van der Waals surface area contributed by atoms with Crippen LogP contribution in [0.5, 0.6) is 5.75 Å². The van der Waals surface area contributed by atoms with Crippen LogP contribution in [-0.4, -0.2) is 33.2 Å². The van der Waals surface area contributed by atoms with Gasteiger partial charge in [0.1, 0.15) is 5.75 Å². The maximum absolute atomic E-state index is 12.8. The van der Waals surface area contributed by atoms with Crippen LogP contribution in [-0.2, 0) is 20.2 Å². The molecule has 1 amide bonds. The number of benzene rings is 2. The van der Waals surface area contributed by atoms with Crippen molar-refractivity contribution in [1.82, 2.24) is 0 Å². The number of hydrogen-bond acceptors (Lipinski definition) is 4. The molecule has 2 aromatic rings. The van der Waals surface area contributed by atoms with Gasteiger partial charge in [0.15, 0.2) is 6.10 Å². The number of anilines is 2. The molecular formula is C21H25BrN2O4S. The molecule has 0 aromatic heterocycles. The Morgan fingerprint density at radius 2 is 1.90 bits per heavy atom. The summed E-state index contributed by atoms with van der Waals surface area (Å²) in [6.07, 6.45) is 0.181. The number of nitrogens with one attached hydrogen (secondary N) is 1. The lowest BCUT2D eigenvalue weighted by Gasteiger charge is -2.35. The first-order valence-corrected chi connectivity index (χ1v) is 11.9. The van der Waals surface area contributed by atoms with Crippen LogP contribution in [0.2, 0.25) is 0 Å². The van der Waals surface area contributed by atoms with Crippen molar-refractivity contribution in [3.05, 3.63) is 52.0 Å². The van der Waals surface area contributed by atoms with Gasteiger partial charge < -0.3 is 10.1 Å². The Balaban J connectivity index is 1.92. The summed E-state index contributed by atoms with van der Waals surface area (Å²) < 4.78 is 33.0. The van der Waals surface area contributed by atoms with E-state index in [1.54, 1.807) is 12.1 Å². The molecule has 156 valence electrons. The Morgan fingerprint density at radius 3 is 2.48 bits per heavy atom. The second kappa shape index (κ2) is 7.65. The van der Waals surface area contributed by atoms with Gasteiger partial charge in [-0.15, -0.1) is 0 Å². The van der Waals surface area contributed by atoms with Gasteiger partial charge in [-0.05, 0) is 53.8 Å². The minimum Gasteiger partial charge on any atom is -0.476 e. The van der Waals surface area contributed by atoms with Gasteiger partial charge in [0.25, 0.3) is 5.91 Å². The predicted octanol–water partition coefficient (Wildman–Crippen LogP) is 4.22.